The van der Waals surface area contributed by atoms with Crippen LogP contribution in [0.25, 0.3) is 0 Å². The van der Waals surface area contributed by atoms with Gasteiger partial charge in [-0.25, -0.2) is 4.99 Å². The van der Waals surface area contributed by atoms with Gasteiger partial charge in [-0.15, -0.1) is 0 Å². The summed E-state index contributed by atoms with van der Waals surface area (Å²) in [4.78, 5) is 4.52. The van der Waals surface area contributed by atoms with E-state index in [-0.39, 0.29) is 5.41 Å². The maximum absolute atomic E-state index is 4.52. The van der Waals surface area contributed by atoms with Crippen LogP contribution in [-0.2, 0) is 6.54 Å². The highest BCUT2D eigenvalue weighted by atomic mass is 15.2. The van der Waals surface area contributed by atoms with E-state index in [1.54, 1.807) is 0 Å². The lowest BCUT2D eigenvalue weighted by atomic mass is 9.88. The van der Waals surface area contributed by atoms with Crippen LogP contribution in [0.3, 0.4) is 0 Å². The predicted octanol–water partition coefficient (Wildman–Crippen LogP) is 2.99. The smallest absolute Gasteiger partial charge is 0.196 e. The summed E-state index contributed by atoms with van der Waals surface area (Å²) >= 11 is 0. The minimum atomic E-state index is 0.223. The van der Waals surface area contributed by atoms with Crippen LogP contribution in [-0.4, -0.2) is 12.0 Å². The van der Waals surface area contributed by atoms with Crippen molar-refractivity contribution in [1.82, 2.24) is 5.32 Å². The minimum absolute atomic E-state index is 0.223. The van der Waals surface area contributed by atoms with Crippen LogP contribution in [0.15, 0.2) is 29.3 Å². The second-order valence-corrected chi connectivity index (χ2v) is 5.68. The Kier molecular flexibility index (Phi) is 3.09. The highest BCUT2D eigenvalue weighted by molar-refractivity contribution is 5.95. The number of fused-ring (bicyclic) bond motifs is 1. The van der Waals surface area contributed by atoms with E-state index in [1.807, 2.05) is 12.1 Å². The first-order chi connectivity index (χ1) is 7.97. The zero-order chi connectivity index (χ0) is 12.5. The summed E-state index contributed by atoms with van der Waals surface area (Å²) in [6.45, 7) is 9.61. The first-order valence-electron chi connectivity index (χ1n) is 6.13. The topological polar surface area (TPSA) is 36.4 Å². The standard InChI is InChI=1S/C14H21N3/c1-10(14(2,3)4)16-13-15-9-11-7-5-6-8-12(11)17-13/h5-8,10H,9H2,1-4H3,(H2,15,16,17). The third-order valence-electron chi connectivity index (χ3n) is 3.33. The molecule has 1 aromatic rings. The molecule has 1 aliphatic rings. The number of hydrogen-bond donors (Lipinski definition) is 2. The summed E-state index contributed by atoms with van der Waals surface area (Å²) in [6.07, 6.45) is 0. The van der Waals surface area contributed by atoms with Gasteiger partial charge in [-0.1, -0.05) is 39.0 Å². The van der Waals surface area contributed by atoms with E-state index in [0.717, 1.165) is 18.2 Å². The third-order valence-corrected chi connectivity index (χ3v) is 3.33. The number of nitrogens with zero attached hydrogens (tertiary/aromatic N) is 1. The predicted molar refractivity (Wildman–Crippen MR) is 73.3 cm³/mol. The number of aliphatic imine (C=N–C) groups is 1. The fourth-order valence-corrected chi connectivity index (χ4v) is 1.61. The Hall–Kier alpha value is -1.51. The van der Waals surface area contributed by atoms with E-state index in [9.17, 15) is 0 Å². The normalized spacial score (nSPS) is 16.6. The average molecular weight is 231 g/mol. The molecule has 3 heteroatoms. The molecule has 2 N–H and O–H groups in total. The maximum Gasteiger partial charge on any atom is 0.196 e. The van der Waals surface area contributed by atoms with Gasteiger partial charge in [-0.3, -0.25) is 0 Å². The van der Waals surface area contributed by atoms with Crippen molar-refractivity contribution in [2.45, 2.75) is 40.3 Å². The van der Waals surface area contributed by atoms with Crippen LogP contribution in [0.4, 0.5) is 5.69 Å². The number of rotatable bonds is 1. The summed E-state index contributed by atoms with van der Waals surface area (Å²) in [5.74, 6) is 0.881. The van der Waals surface area contributed by atoms with Crippen molar-refractivity contribution in [3.8, 4) is 0 Å². The Morgan fingerprint density at radius 1 is 1.29 bits per heavy atom. The van der Waals surface area contributed by atoms with Crippen molar-refractivity contribution in [3.63, 3.8) is 0 Å². The highest BCUT2D eigenvalue weighted by Gasteiger charge is 2.22. The lowest BCUT2D eigenvalue weighted by Crippen LogP contribution is -2.45. The molecule has 0 aromatic heterocycles. The molecule has 92 valence electrons. The first-order valence-corrected chi connectivity index (χ1v) is 6.13. The van der Waals surface area contributed by atoms with Crippen molar-refractivity contribution in [2.24, 2.45) is 10.4 Å². The number of nitrogens with one attached hydrogen (secondary N) is 2. The van der Waals surface area contributed by atoms with Gasteiger partial charge >= 0.3 is 0 Å². The Bertz CT molecular complexity index is 429. The molecule has 0 saturated carbocycles. The number of benzene rings is 1. The SMILES string of the molecule is CC(NC1=NCc2ccccc2N1)C(C)(C)C. The largest absolute Gasteiger partial charge is 0.353 e. The molecule has 1 aromatic carbocycles. The van der Waals surface area contributed by atoms with Crippen molar-refractivity contribution in [3.05, 3.63) is 29.8 Å². The lowest BCUT2D eigenvalue weighted by molar-refractivity contribution is 0.315. The molecule has 1 heterocycles. The zero-order valence-electron chi connectivity index (χ0n) is 11.0. The monoisotopic (exact) mass is 231 g/mol. The Labute approximate surface area is 103 Å². The van der Waals surface area contributed by atoms with Crippen LogP contribution in [0.2, 0.25) is 0 Å². The Morgan fingerprint density at radius 3 is 2.71 bits per heavy atom. The van der Waals surface area contributed by atoms with E-state index in [0.29, 0.717) is 6.04 Å². The minimum Gasteiger partial charge on any atom is -0.353 e. The van der Waals surface area contributed by atoms with Crippen LogP contribution in [0, 0.1) is 5.41 Å². The number of guanidine groups is 1. The molecule has 0 aliphatic carbocycles. The molecule has 17 heavy (non-hydrogen) atoms. The average Bonchev–Trinajstić information content (AvgIpc) is 2.27. The van der Waals surface area contributed by atoms with Crippen LogP contribution in [0.1, 0.15) is 33.3 Å². The van der Waals surface area contributed by atoms with Crippen LogP contribution < -0.4 is 10.6 Å². The van der Waals surface area contributed by atoms with Gasteiger partial charge in [0.15, 0.2) is 5.96 Å². The summed E-state index contributed by atoms with van der Waals surface area (Å²) in [5.41, 5.74) is 2.63. The molecular formula is C14H21N3. The Morgan fingerprint density at radius 2 is 2.00 bits per heavy atom. The van der Waals surface area contributed by atoms with Crippen molar-refractivity contribution >= 4 is 11.6 Å². The zero-order valence-corrected chi connectivity index (χ0v) is 11.0. The molecule has 0 amide bonds. The van der Waals surface area contributed by atoms with Crippen LogP contribution in [0.5, 0.6) is 0 Å². The fraction of sp³-hybridized carbons (Fsp3) is 0.500. The molecule has 2 rings (SSSR count). The summed E-state index contributed by atoms with van der Waals surface area (Å²) < 4.78 is 0. The van der Waals surface area contributed by atoms with Crippen molar-refractivity contribution in [1.29, 1.82) is 0 Å². The molecular weight excluding hydrogens is 210 g/mol. The van der Waals surface area contributed by atoms with Crippen LogP contribution >= 0.6 is 0 Å². The molecule has 0 radical (unpaired) electrons. The van der Waals surface area contributed by atoms with Gasteiger partial charge in [0.1, 0.15) is 0 Å². The van der Waals surface area contributed by atoms with Gasteiger partial charge in [-0.2, -0.15) is 0 Å². The van der Waals surface area contributed by atoms with E-state index >= 15 is 0 Å². The number of hydrogen-bond acceptors (Lipinski definition) is 3. The molecule has 1 aliphatic heterocycles. The summed E-state index contributed by atoms with van der Waals surface area (Å²) in [7, 11) is 0. The number of anilines is 1. The van der Waals surface area contributed by atoms with E-state index in [1.165, 1.54) is 5.56 Å². The summed E-state index contributed by atoms with van der Waals surface area (Å²) in [6, 6.07) is 8.66. The molecule has 3 nitrogen and oxygen atoms in total. The molecule has 0 bridgehead atoms. The third kappa shape index (κ3) is 2.78. The quantitative estimate of drug-likeness (QED) is 0.779. The van der Waals surface area contributed by atoms with Crippen molar-refractivity contribution in [2.75, 3.05) is 5.32 Å². The van der Waals surface area contributed by atoms with E-state index in [2.05, 4.69) is 55.5 Å². The molecule has 0 saturated heterocycles. The fourth-order valence-electron chi connectivity index (χ4n) is 1.61. The van der Waals surface area contributed by atoms with Gasteiger partial charge in [0, 0.05) is 11.7 Å². The lowest BCUT2D eigenvalue weighted by Gasteiger charge is -2.30. The second-order valence-electron chi connectivity index (χ2n) is 5.68. The van der Waals surface area contributed by atoms with Gasteiger partial charge in [0.2, 0.25) is 0 Å². The molecule has 0 spiro atoms. The van der Waals surface area contributed by atoms with Gasteiger partial charge in [0.25, 0.3) is 0 Å². The van der Waals surface area contributed by atoms with Crippen molar-refractivity contribution < 1.29 is 0 Å². The maximum atomic E-state index is 4.52. The Balaban J connectivity index is 2.05. The highest BCUT2D eigenvalue weighted by Crippen LogP contribution is 2.21. The summed E-state index contributed by atoms with van der Waals surface area (Å²) in [5, 5.41) is 6.78. The second kappa shape index (κ2) is 4.40. The molecule has 0 fully saturated rings. The van der Waals surface area contributed by atoms with E-state index in [4.69, 9.17) is 0 Å². The van der Waals surface area contributed by atoms with Gasteiger partial charge < -0.3 is 10.6 Å². The first kappa shape index (κ1) is 12.0. The number of para-hydroxylation sites is 1. The molecule has 1 unspecified atom stereocenters. The van der Waals surface area contributed by atoms with Gasteiger partial charge in [0.05, 0.1) is 6.54 Å². The molecule has 1 atom stereocenters. The van der Waals surface area contributed by atoms with E-state index < -0.39 is 0 Å². The van der Waals surface area contributed by atoms with Gasteiger partial charge in [-0.05, 0) is 24.0 Å².